The summed E-state index contributed by atoms with van der Waals surface area (Å²) in [5, 5.41) is 0. The summed E-state index contributed by atoms with van der Waals surface area (Å²) in [4.78, 5) is 45.1. The molecule has 0 N–H and O–H groups in total. The summed E-state index contributed by atoms with van der Waals surface area (Å²) in [6, 6.07) is 0. The van der Waals surface area contributed by atoms with Gasteiger partial charge in [-0.1, -0.05) is 0 Å². The number of hydrogen-bond donors (Lipinski definition) is 0. The number of ether oxygens (including phenoxy) is 5. The van der Waals surface area contributed by atoms with Crippen LogP contribution in [0.25, 0.3) is 0 Å². The Morgan fingerprint density at radius 1 is 0.652 bits per heavy atom. The summed E-state index contributed by atoms with van der Waals surface area (Å²) >= 11 is 0. The maximum absolute atomic E-state index is 11.4. The highest BCUT2D eigenvalue weighted by molar-refractivity contribution is 5.69. The maximum atomic E-state index is 11.4. The molecule has 0 bridgehead atoms. The Balaban J connectivity index is 3.15. The van der Waals surface area contributed by atoms with E-state index in [1.807, 2.05) is 0 Å². The first-order valence-electron chi connectivity index (χ1n) is 6.96. The van der Waals surface area contributed by atoms with Gasteiger partial charge in [-0.25, -0.2) is 0 Å². The van der Waals surface area contributed by atoms with Crippen molar-refractivity contribution < 1.29 is 42.9 Å². The zero-order valence-corrected chi connectivity index (χ0v) is 13.6. The van der Waals surface area contributed by atoms with Gasteiger partial charge in [0, 0.05) is 27.7 Å². The highest BCUT2D eigenvalue weighted by atomic mass is 16.7. The molecule has 0 aliphatic carbocycles. The number of carbonyl (C=O) groups excluding carboxylic acids is 4. The fraction of sp³-hybridized carbons (Fsp3) is 0.714. The first-order valence-corrected chi connectivity index (χ1v) is 6.96. The summed E-state index contributed by atoms with van der Waals surface area (Å²) in [5.41, 5.74) is 0. The van der Waals surface area contributed by atoms with Crippen LogP contribution in [0, 0.1) is 0 Å². The lowest BCUT2D eigenvalue weighted by atomic mass is 9.99. The third-order valence-electron chi connectivity index (χ3n) is 2.92. The molecular formula is C14H20O9. The van der Waals surface area contributed by atoms with Gasteiger partial charge in [0.25, 0.3) is 0 Å². The van der Waals surface area contributed by atoms with Crippen LogP contribution in [-0.4, -0.2) is 54.6 Å². The van der Waals surface area contributed by atoms with Crippen LogP contribution in [0.5, 0.6) is 0 Å². The summed E-state index contributed by atoms with van der Waals surface area (Å²) in [6.45, 7) is 6.16. The van der Waals surface area contributed by atoms with Gasteiger partial charge in [0.2, 0.25) is 12.4 Å². The van der Waals surface area contributed by atoms with Crippen LogP contribution in [0.1, 0.15) is 34.6 Å². The second kappa shape index (κ2) is 7.91. The van der Waals surface area contributed by atoms with Gasteiger partial charge >= 0.3 is 23.9 Å². The molecule has 0 amide bonds. The zero-order valence-electron chi connectivity index (χ0n) is 13.6. The molecule has 0 aromatic heterocycles. The van der Waals surface area contributed by atoms with E-state index in [0.29, 0.717) is 0 Å². The Bertz CT molecular complexity index is 487. The lowest BCUT2D eigenvalue weighted by Crippen LogP contribution is -2.61. The van der Waals surface area contributed by atoms with Crippen LogP contribution in [-0.2, 0) is 42.9 Å². The Morgan fingerprint density at radius 3 is 1.48 bits per heavy atom. The Morgan fingerprint density at radius 2 is 1.04 bits per heavy atom. The average Bonchev–Trinajstić information content (AvgIpc) is 2.36. The second-order valence-corrected chi connectivity index (χ2v) is 5.04. The van der Waals surface area contributed by atoms with E-state index in [2.05, 4.69) is 0 Å². The number of esters is 4. The van der Waals surface area contributed by atoms with E-state index in [9.17, 15) is 19.2 Å². The van der Waals surface area contributed by atoms with Crippen molar-refractivity contribution in [1.29, 1.82) is 0 Å². The van der Waals surface area contributed by atoms with Gasteiger partial charge in [-0.05, 0) is 6.92 Å². The molecule has 0 aromatic rings. The molecule has 9 nitrogen and oxygen atoms in total. The Labute approximate surface area is 133 Å². The predicted octanol–water partition coefficient (Wildman–Crippen LogP) is 0.0894. The summed E-state index contributed by atoms with van der Waals surface area (Å²) < 4.78 is 25.7. The third-order valence-corrected chi connectivity index (χ3v) is 2.92. The molecule has 23 heavy (non-hydrogen) atoms. The maximum Gasteiger partial charge on any atom is 0.305 e. The van der Waals surface area contributed by atoms with Gasteiger partial charge in [-0.3, -0.25) is 19.2 Å². The largest absolute Gasteiger partial charge is 0.456 e. The van der Waals surface area contributed by atoms with Crippen LogP contribution in [0.2, 0.25) is 0 Å². The van der Waals surface area contributed by atoms with Crippen LogP contribution >= 0.6 is 0 Å². The first-order chi connectivity index (χ1) is 10.6. The minimum atomic E-state index is -1.29. The van der Waals surface area contributed by atoms with Gasteiger partial charge in [-0.2, -0.15) is 0 Å². The highest BCUT2D eigenvalue weighted by Crippen LogP contribution is 2.29. The van der Waals surface area contributed by atoms with Crippen molar-refractivity contribution in [3.05, 3.63) is 0 Å². The molecule has 5 atom stereocenters. The molecule has 1 saturated heterocycles. The monoisotopic (exact) mass is 332 g/mol. The second-order valence-electron chi connectivity index (χ2n) is 5.04. The normalized spacial score (nSPS) is 30.0. The molecule has 0 saturated carbocycles. The fourth-order valence-corrected chi connectivity index (χ4v) is 2.23. The van der Waals surface area contributed by atoms with E-state index in [1.165, 1.54) is 6.92 Å². The zero-order chi connectivity index (χ0) is 17.7. The molecule has 130 valence electrons. The Kier molecular flexibility index (Phi) is 6.49. The van der Waals surface area contributed by atoms with E-state index < -0.39 is 54.6 Å². The molecule has 1 aliphatic rings. The van der Waals surface area contributed by atoms with Crippen LogP contribution in [0.15, 0.2) is 0 Å². The van der Waals surface area contributed by atoms with Crippen molar-refractivity contribution in [2.75, 3.05) is 0 Å². The summed E-state index contributed by atoms with van der Waals surface area (Å²) in [6.07, 6.45) is -5.51. The number of carbonyl (C=O) groups is 4. The molecule has 0 radical (unpaired) electrons. The lowest BCUT2D eigenvalue weighted by Gasteiger charge is -2.42. The van der Waals surface area contributed by atoms with Crippen LogP contribution < -0.4 is 0 Å². The van der Waals surface area contributed by atoms with E-state index >= 15 is 0 Å². The van der Waals surface area contributed by atoms with Crippen molar-refractivity contribution in [2.45, 2.75) is 65.3 Å². The van der Waals surface area contributed by atoms with E-state index in [-0.39, 0.29) is 0 Å². The minimum absolute atomic E-state index is 0.630. The lowest BCUT2D eigenvalue weighted by molar-refractivity contribution is -0.292. The topological polar surface area (TPSA) is 114 Å². The standard InChI is InChI=1S/C14H20O9/c1-6-11(20-7(2)15)12(21-8(3)16)13(22-9(4)17)14(19-6)23-10(5)18/h6,11-14H,1-5H3/t6-,11-,12-,13-,14+/m1/s1. The molecule has 1 fully saturated rings. The summed E-state index contributed by atoms with van der Waals surface area (Å²) in [5.74, 6) is -2.69. The smallest absolute Gasteiger partial charge is 0.305 e. The molecule has 1 rings (SSSR count). The molecule has 9 heteroatoms. The minimum Gasteiger partial charge on any atom is -0.456 e. The average molecular weight is 332 g/mol. The predicted molar refractivity (Wildman–Crippen MR) is 72.8 cm³/mol. The van der Waals surface area contributed by atoms with Crippen molar-refractivity contribution in [3.63, 3.8) is 0 Å². The van der Waals surface area contributed by atoms with Crippen LogP contribution in [0.3, 0.4) is 0 Å². The van der Waals surface area contributed by atoms with E-state index in [4.69, 9.17) is 23.7 Å². The van der Waals surface area contributed by atoms with Gasteiger partial charge < -0.3 is 23.7 Å². The number of hydrogen-bond acceptors (Lipinski definition) is 9. The first kappa shape index (κ1) is 18.9. The SMILES string of the molecule is CC(=O)O[C@@H]1O[C@H](C)[C@@H](OC(C)=O)[C@@H](OC(C)=O)[C@H]1OC(C)=O. The number of rotatable bonds is 4. The van der Waals surface area contributed by atoms with Crippen molar-refractivity contribution in [3.8, 4) is 0 Å². The van der Waals surface area contributed by atoms with Crippen molar-refractivity contribution in [1.82, 2.24) is 0 Å². The molecular weight excluding hydrogens is 312 g/mol. The molecule has 0 unspecified atom stereocenters. The summed E-state index contributed by atoms with van der Waals surface area (Å²) in [7, 11) is 0. The van der Waals surface area contributed by atoms with E-state index in [1.54, 1.807) is 6.92 Å². The van der Waals surface area contributed by atoms with Crippen molar-refractivity contribution in [2.24, 2.45) is 0 Å². The molecule has 0 spiro atoms. The Hall–Kier alpha value is -2.16. The van der Waals surface area contributed by atoms with Gasteiger partial charge in [-0.15, -0.1) is 0 Å². The third kappa shape index (κ3) is 5.51. The molecule has 0 aromatic carbocycles. The van der Waals surface area contributed by atoms with Crippen LogP contribution in [0.4, 0.5) is 0 Å². The molecule has 1 heterocycles. The van der Waals surface area contributed by atoms with E-state index in [0.717, 1.165) is 20.8 Å². The quantitative estimate of drug-likeness (QED) is 0.521. The van der Waals surface area contributed by atoms with Gasteiger partial charge in [0.15, 0.2) is 12.2 Å². The highest BCUT2D eigenvalue weighted by Gasteiger charge is 2.51. The van der Waals surface area contributed by atoms with Crippen molar-refractivity contribution >= 4 is 23.9 Å². The van der Waals surface area contributed by atoms with Gasteiger partial charge in [0.05, 0.1) is 6.10 Å². The molecule has 1 aliphatic heterocycles. The van der Waals surface area contributed by atoms with Gasteiger partial charge in [0.1, 0.15) is 0 Å². The fourth-order valence-electron chi connectivity index (χ4n) is 2.23.